The third-order valence-corrected chi connectivity index (χ3v) is 3.92. The molecule has 0 heterocycles. The Balaban J connectivity index is 2.29. The monoisotopic (exact) mass is 351 g/mol. The molecule has 2 aromatic carbocycles. The number of para-hydroxylation sites is 1. The minimum absolute atomic E-state index is 0.228. The van der Waals surface area contributed by atoms with Crippen LogP contribution in [-0.4, -0.2) is 6.54 Å². The topological polar surface area (TPSA) is 21.3 Å². The largest absolute Gasteiger partial charge is 0.457 e. The molecule has 0 fully saturated rings. The van der Waals surface area contributed by atoms with Crippen molar-refractivity contribution in [3.8, 4) is 11.5 Å². The minimum Gasteiger partial charge on any atom is -0.457 e. The smallest absolute Gasteiger partial charge is 0.141 e. The van der Waals surface area contributed by atoms with Crippen molar-refractivity contribution in [3.05, 3.63) is 58.3 Å². The van der Waals surface area contributed by atoms with Crippen molar-refractivity contribution in [1.82, 2.24) is 5.32 Å². The van der Waals surface area contributed by atoms with Crippen molar-refractivity contribution >= 4 is 15.9 Å². The van der Waals surface area contributed by atoms with Crippen molar-refractivity contribution < 1.29 is 9.13 Å². The van der Waals surface area contributed by atoms with Gasteiger partial charge < -0.3 is 10.1 Å². The van der Waals surface area contributed by atoms with E-state index in [2.05, 4.69) is 35.1 Å². The first-order valence-electron chi connectivity index (χ1n) is 7.10. The predicted molar refractivity (Wildman–Crippen MR) is 87.3 cm³/mol. The predicted octanol–water partition coefficient (Wildman–Crippen LogP) is 5.44. The fraction of sp³-hybridized carbons (Fsp3) is 0.294. The second kappa shape index (κ2) is 7.57. The van der Waals surface area contributed by atoms with Gasteiger partial charge in [0.1, 0.15) is 17.3 Å². The molecule has 2 nitrogen and oxygen atoms in total. The Hall–Kier alpha value is -1.39. The van der Waals surface area contributed by atoms with E-state index < -0.39 is 0 Å². The molecule has 0 aromatic heterocycles. The number of halogens is 2. The number of hydrogen-bond donors (Lipinski definition) is 1. The van der Waals surface area contributed by atoms with Crippen LogP contribution in [0.1, 0.15) is 31.9 Å². The zero-order chi connectivity index (χ0) is 15.2. The lowest BCUT2D eigenvalue weighted by Gasteiger charge is -2.20. The molecule has 1 N–H and O–H groups in total. The molecule has 112 valence electrons. The Morgan fingerprint density at radius 3 is 2.62 bits per heavy atom. The molecule has 2 aromatic rings. The van der Waals surface area contributed by atoms with Crippen LogP contribution in [0.3, 0.4) is 0 Å². The summed E-state index contributed by atoms with van der Waals surface area (Å²) in [6.45, 7) is 5.10. The summed E-state index contributed by atoms with van der Waals surface area (Å²) in [5.74, 6) is 0.922. The highest BCUT2D eigenvalue weighted by molar-refractivity contribution is 9.10. The van der Waals surface area contributed by atoms with E-state index in [9.17, 15) is 4.39 Å². The van der Waals surface area contributed by atoms with Gasteiger partial charge in [0.25, 0.3) is 0 Å². The minimum atomic E-state index is -0.330. The maximum atomic E-state index is 13.6. The summed E-state index contributed by atoms with van der Waals surface area (Å²) >= 11 is 3.14. The molecule has 0 saturated heterocycles. The summed E-state index contributed by atoms with van der Waals surface area (Å²) < 4.78 is 19.9. The second-order valence-corrected chi connectivity index (χ2v) is 5.59. The first-order chi connectivity index (χ1) is 10.2. The highest BCUT2D eigenvalue weighted by Crippen LogP contribution is 2.32. The lowest BCUT2D eigenvalue weighted by atomic mass is 10.0. The average molecular weight is 352 g/mol. The van der Waals surface area contributed by atoms with Crippen molar-refractivity contribution in [1.29, 1.82) is 0 Å². The standard InChI is InChI=1S/C17H19BrFNO/c1-3-16(20-4-2)13-7-5-6-8-17(13)21-12-9-10-14(18)15(19)11-12/h5-11,16,20H,3-4H2,1-2H3. The van der Waals surface area contributed by atoms with Gasteiger partial charge in [-0.3, -0.25) is 0 Å². The second-order valence-electron chi connectivity index (χ2n) is 4.73. The molecule has 21 heavy (non-hydrogen) atoms. The third kappa shape index (κ3) is 4.05. The average Bonchev–Trinajstić information content (AvgIpc) is 2.49. The van der Waals surface area contributed by atoms with Crippen molar-refractivity contribution in [2.75, 3.05) is 6.54 Å². The van der Waals surface area contributed by atoms with Gasteiger partial charge in [0.2, 0.25) is 0 Å². The highest BCUT2D eigenvalue weighted by Gasteiger charge is 2.14. The van der Waals surface area contributed by atoms with E-state index in [4.69, 9.17) is 4.74 Å². The van der Waals surface area contributed by atoms with Crippen LogP contribution >= 0.6 is 15.9 Å². The zero-order valence-electron chi connectivity index (χ0n) is 12.2. The van der Waals surface area contributed by atoms with Gasteiger partial charge in [-0.05, 0) is 47.1 Å². The molecular formula is C17H19BrFNO. The SMILES string of the molecule is CCNC(CC)c1ccccc1Oc1ccc(Br)c(F)c1. The summed E-state index contributed by atoms with van der Waals surface area (Å²) in [6, 6.07) is 12.9. The normalized spacial score (nSPS) is 12.2. The summed E-state index contributed by atoms with van der Waals surface area (Å²) in [5.41, 5.74) is 1.09. The molecule has 0 saturated carbocycles. The Bertz CT molecular complexity index is 603. The van der Waals surface area contributed by atoms with Gasteiger partial charge in [0.15, 0.2) is 0 Å². The quantitative estimate of drug-likeness (QED) is 0.747. The van der Waals surface area contributed by atoms with Crippen LogP contribution < -0.4 is 10.1 Å². The fourth-order valence-electron chi connectivity index (χ4n) is 2.25. The van der Waals surface area contributed by atoms with Crippen LogP contribution in [0, 0.1) is 5.82 Å². The van der Waals surface area contributed by atoms with Crippen LogP contribution in [0.5, 0.6) is 11.5 Å². The molecule has 0 aliphatic carbocycles. The molecular weight excluding hydrogens is 333 g/mol. The van der Waals surface area contributed by atoms with E-state index in [-0.39, 0.29) is 11.9 Å². The fourth-order valence-corrected chi connectivity index (χ4v) is 2.50. The Labute approximate surface area is 133 Å². The van der Waals surface area contributed by atoms with Crippen LogP contribution in [0.25, 0.3) is 0 Å². The van der Waals surface area contributed by atoms with Gasteiger partial charge in [-0.15, -0.1) is 0 Å². The lowest BCUT2D eigenvalue weighted by Crippen LogP contribution is -2.20. The molecule has 0 aliphatic rings. The van der Waals surface area contributed by atoms with E-state index in [1.54, 1.807) is 12.1 Å². The Morgan fingerprint density at radius 1 is 1.19 bits per heavy atom. The summed E-state index contributed by atoms with van der Waals surface area (Å²) in [4.78, 5) is 0. The van der Waals surface area contributed by atoms with Gasteiger partial charge in [0.05, 0.1) is 4.47 Å². The molecule has 4 heteroatoms. The Morgan fingerprint density at radius 2 is 1.95 bits per heavy atom. The van der Waals surface area contributed by atoms with Crippen LogP contribution in [0.15, 0.2) is 46.9 Å². The molecule has 0 bridgehead atoms. The number of hydrogen-bond acceptors (Lipinski definition) is 2. The molecule has 0 radical (unpaired) electrons. The lowest BCUT2D eigenvalue weighted by molar-refractivity contribution is 0.449. The first-order valence-corrected chi connectivity index (χ1v) is 7.90. The molecule has 1 unspecified atom stereocenters. The summed E-state index contributed by atoms with van der Waals surface area (Å²) in [5, 5.41) is 3.43. The van der Waals surface area contributed by atoms with E-state index in [1.165, 1.54) is 6.07 Å². The maximum Gasteiger partial charge on any atom is 0.141 e. The summed E-state index contributed by atoms with van der Waals surface area (Å²) in [6.07, 6.45) is 0.961. The van der Waals surface area contributed by atoms with E-state index in [0.29, 0.717) is 10.2 Å². The molecule has 1 atom stereocenters. The van der Waals surface area contributed by atoms with E-state index >= 15 is 0 Å². The van der Waals surface area contributed by atoms with Gasteiger partial charge >= 0.3 is 0 Å². The third-order valence-electron chi connectivity index (χ3n) is 3.27. The number of rotatable bonds is 6. The van der Waals surface area contributed by atoms with Crippen LogP contribution in [0.4, 0.5) is 4.39 Å². The van der Waals surface area contributed by atoms with E-state index in [1.807, 2.05) is 24.3 Å². The first kappa shape index (κ1) is 16.0. The van der Waals surface area contributed by atoms with Gasteiger partial charge in [-0.2, -0.15) is 0 Å². The molecule has 0 spiro atoms. The van der Waals surface area contributed by atoms with Gasteiger partial charge in [-0.1, -0.05) is 32.0 Å². The maximum absolute atomic E-state index is 13.6. The molecule has 0 amide bonds. The highest BCUT2D eigenvalue weighted by atomic mass is 79.9. The summed E-state index contributed by atoms with van der Waals surface area (Å²) in [7, 11) is 0. The van der Waals surface area contributed by atoms with Gasteiger partial charge in [0, 0.05) is 17.7 Å². The van der Waals surface area contributed by atoms with Crippen molar-refractivity contribution in [2.45, 2.75) is 26.3 Å². The molecule has 0 aliphatic heterocycles. The number of nitrogens with one attached hydrogen (secondary N) is 1. The van der Waals surface area contributed by atoms with Crippen molar-refractivity contribution in [2.24, 2.45) is 0 Å². The van der Waals surface area contributed by atoms with E-state index in [0.717, 1.165) is 24.3 Å². The number of ether oxygens (including phenoxy) is 1. The van der Waals surface area contributed by atoms with Crippen molar-refractivity contribution in [3.63, 3.8) is 0 Å². The zero-order valence-corrected chi connectivity index (χ0v) is 13.8. The van der Waals surface area contributed by atoms with Crippen LogP contribution in [0.2, 0.25) is 0 Å². The molecule has 2 rings (SSSR count). The van der Waals surface area contributed by atoms with Crippen LogP contribution in [-0.2, 0) is 0 Å². The Kier molecular flexibility index (Phi) is 5.76. The van der Waals surface area contributed by atoms with Gasteiger partial charge in [-0.25, -0.2) is 4.39 Å². The number of benzene rings is 2.